The van der Waals surface area contributed by atoms with Crippen molar-refractivity contribution in [2.75, 3.05) is 6.54 Å². The zero-order valence-electron chi connectivity index (χ0n) is 7.76. The minimum atomic E-state index is -0.103. The van der Waals surface area contributed by atoms with Gasteiger partial charge in [-0.3, -0.25) is 0 Å². The van der Waals surface area contributed by atoms with Gasteiger partial charge in [-0.05, 0) is 29.7 Å². The summed E-state index contributed by atoms with van der Waals surface area (Å²) in [6.45, 7) is 2.54. The molecule has 72 valence electrons. The van der Waals surface area contributed by atoms with Gasteiger partial charge in [0.1, 0.15) is 0 Å². The molecule has 1 rings (SSSR count). The summed E-state index contributed by atoms with van der Waals surface area (Å²) in [6.07, 6.45) is 0.959. The molecule has 0 bridgehead atoms. The first-order chi connectivity index (χ1) is 6.19. The molecule has 0 fully saturated rings. The Labute approximate surface area is 83.9 Å². The molecule has 0 amide bonds. The van der Waals surface area contributed by atoms with Crippen LogP contribution in [0.2, 0.25) is 5.02 Å². The Hall–Kier alpha value is -0.570. The van der Waals surface area contributed by atoms with Gasteiger partial charge in [-0.25, -0.2) is 0 Å². The fourth-order valence-electron chi connectivity index (χ4n) is 1.36. The molecule has 0 spiro atoms. The van der Waals surface area contributed by atoms with Gasteiger partial charge in [0, 0.05) is 17.6 Å². The van der Waals surface area contributed by atoms with E-state index in [1.54, 1.807) is 0 Å². The quantitative estimate of drug-likeness (QED) is 0.779. The molecule has 1 atom stereocenters. The summed E-state index contributed by atoms with van der Waals surface area (Å²) in [5.41, 5.74) is 13.7. The lowest BCUT2D eigenvalue weighted by Crippen LogP contribution is -2.22. The number of halogens is 1. The Kier molecular flexibility index (Phi) is 3.72. The van der Waals surface area contributed by atoms with Gasteiger partial charge >= 0.3 is 0 Å². The highest BCUT2D eigenvalue weighted by atomic mass is 35.5. The van der Waals surface area contributed by atoms with E-state index in [-0.39, 0.29) is 6.04 Å². The maximum atomic E-state index is 5.88. The maximum absolute atomic E-state index is 5.88. The number of rotatable bonds is 3. The normalized spacial score (nSPS) is 12.9. The van der Waals surface area contributed by atoms with Crippen molar-refractivity contribution in [3.8, 4) is 0 Å². The molecule has 13 heavy (non-hydrogen) atoms. The number of nitrogens with two attached hydrogens (primary N) is 2. The third-order valence-corrected chi connectivity index (χ3v) is 2.38. The fourth-order valence-corrected chi connectivity index (χ4v) is 1.54. The molecule has 1 aromatic rings. The lowest BCUT2D eigenvalue weighted by atomic mass is 9.99. The molecular weight excluding hydrogens is 184 g/mol. The summed E-state index contributed by atoms with van der Waals surface area (Å²) in [6, 6.07) is 5.69. The molecule has 1 unspecified atom stereocenters. The molecular formula is C10H15ClN2. The van der Waals surface area contributed by atoms with Crippen LogP contribution >= 0.6 is 11.6 Å². The van der Waals surface area contributed by atoms with Crippen LogP contribution in [-0.2, 0) is 6.42 Å². The Morgan fingerprint density at radius 1 is 1.46 bits per heavy atom. The average molecular weight is 199 g/mol. The number of hydrogen-bond acceptors (Lipinski definition) is 2. The van der Waals surface area contributed by atoms with Gasteiger partial charge in [0.2, 0.25) is 0 Å². The number of hydrogen-bond donors (Lipinski definition) is 2. The molecule has 1 aromatic carbocycles. The van der Waals surface area contributed by atoms with Crippen LogP contribution in [0.5, 0.6) is 0 Å². The molecule has 2 nitrogen and oxygen atoms in total. The van der Waals surface area contributed by atoms with E-state index in [0.29, 0.717) is 6.54 Å². The fraction of sp³-hybridized carbons (Fsp3) is 0.400. The molecule has 0 saturated heterocycles. The van der Waals surface area contributed by atoms with Crippen molar-refractivity contribution in [1.29, 1.82) is 0 Å². The second-order valence-electron chi connectivity index (χ2n) is 3.04. The first-order valence-electron chi connectivity index (χ1n) is 4.43. The highest BCUT2D eigenvalue weighted by Gasteiger charge is 2.08. The van der Waals surface area contributed by atoms with Gasteiger partial charge in [-0.1, -0.05) is 24.6 Å². The summed E-state index contributed by atoms with van der Waals surface area (Å²) in [7, 11) is 0. The van der Waals surface area contributed by atoms with E-state index in [0.717, 1.165) is 17.0 Å². The zero-order chi connectivity index (χ0) is 9.84. The molecule has 0 radical (unpaired) electrons. The first-order valence-corrected chi connectivity index (χ1v) is 4.80. The number of aryl methyl sites for hydroxylation is 1. The van der Waals surface area contributed by atoms with Gasteiger partial charge in [-0.2, -0.15) is 0 Å². The van der Waals surface area contributed by atoms with Crippen LogP contribution in [-0.4, -0.2) is 6.54 Å². The summed E-state index contributed by atoms with van der Waals surface area (Å²) in [5.74, 6) is 0. The third-order valence-electron chi connectivity index (χ3n) is 2.14. The second kappa shape index (κ2) is 4.61. The highest BCUT2D eigenvalue weighted by Crippen LogP contribution is 2.20. The van der Waals surface area contributed by atoms with E-state index in [4.69, 9.17) is 23.1 Å². The second-order valence-corrected chi connectivity index (χ2v) is 3.48. The van der Waals surface area contributed by atoms with Crippen LogP contribution in [0.1, 0.15) is 24.1 Å². The highest BCUT2D eigenvalue weighted by molar-refractivity contribution is 6.30. The van der Waals surface area contributed by atoms with Gasteiger partial charge in [0.15, 0.2) is 0 Å². The Balaban J connectivity index is 3.07. The average Bonchev–Trinajstić information content (AvgIpc) is 2.16. The summed E-state index contributed by atoms with van der Waals surface area (Å²) in [4.78, 5) is 0. The van der Waals surface area contributed by atoms with Crippen LogP contribution in [0.15, 0.2) is 18.2 Å². The lowest BCUT2D eigenvalue weighted by molar-refractivity contribution is 0.727. The van der Waals surface area contributed by atoms with Crippen molar-refractivity contribution in [3.63, 3.8) is 0 Å². The third kappa shape index (κ3) is 2.44. The van der Waals surface area contributed by atoms with Crippen LogP contribution in [0.25, 0.3) is 0 Å². The number of benzene rings is 1. The van der Waals surface area contributed by atoms with Gasteiger partial charge in [0.25, 0.3) is 0 Å². The Morgan fingerprint density at radius 2 is 2.15 bits per heavy atom. The first kappa shape index (κ1) is 10.5. The van der Waals surface area contributed by atoms with Crippen LogP contribution in [0.4, 0.5) is 0 Å². The van der Waals surface area contributed by atoms with Crippen molar-refractivity contribution in [2.45, 2.75) is 19.4 Å². The lowest BCUT2D eigenvalue weighted by Gasteiger charge is -2.14. The molecule has 4 N–H and O–H groups in total. The minimum absolute atomic E-state index is 0.103. The Morgan fingerprint density at radius 3 is 2.69 bits per heavy atom. The van der Waals surface area contributed by atoms with Gasteiger partial charge in [-0.15, -0.1) is 0 Å². The standard InChI is InChI=1S/C10H15ClN2/c1-2-7-3-4-8(11)5-9(7)10(13)6-12/h3-5,10H,2,6,12-13H2,1H3. The predicted molar refractivity (Wildman–Crippen MR) is 56.8 cm³/mol. The SMILES string of the molecule is CCc1ccc(Cl)cc1C(N)CN. The van der Waals surface area contributed by atoms with Crippen LogP contribution in [0, 0.1) is 0 Å². The van der Waals surface area contributed by atoms with E-state index < -0.39 is 0 Å². The van der Waals surface area contributed by atoms with E-state index in [1.165, 1.54) is 5.56 Å². The Bertz CT molecular complexity index is 286. The smallest absolute Gasteiger partial charge is 0.0422 e. The maximum Gasteiger partial charge on any atom is 0.0422 e. The zero-order valence-corrected chi connectivity index (χ0v) is 8.51. The van der Waals surface area contributed by atoms with Crippen molar-refractivity contribution in [2.24, 2.45) is 11.5 Å². The van der Waals surface area contributed by atoms with Crippen molar-refractivity contribution < 1.29 is 0 Å². The monoisotopic (exact) mass is 198 g/mol. The molecule has 0 saturated carbocycles. The van der Waals surface area contributed by atoms with Crippen molar-refractivity contribution >= 4 is 11.6 Å². The minimum Gasteiger partial charge on any atom is -0.329 e. The molecule has 0 aliphatic heterocycles. The summed E-state index contributed by atoms with van der Waals surface area (Å²) >= 11 is 5.88. The predicted octanol–water partition coefficient (Wildman–Crippen LogP) is 1.86. The molecule has 0 aromatic heterocycles. The van der Waals surface area contributed by atoms with Crippen molar-refractivity contribution in [3.05, 3.63) is 34.3 Å². The van der Waals surface area contributed by atoms with E-state index in [1.807, 2.05) is 18.2 Å². The molecule has 0 heterocycles. The topological polar surface area (TPSA) is 52.0 Å². The van der Waals surface area contributed by atoms with E-state index in [2.05, 4.69) is 6.92 Å². The van der Waals surface area contributed by atoms with Gasteiger partial charge in [0.05, 0.1) is 0 Å². The molecule has 0 aliphatic rings. The van der Waals surface area contributed by atoms with E-state index in [9.17, 15) is 0 Å². The van der Waals surface area contributed by atoms with Crippen LogP contribution < -0.4 is 11.5 Å². The van der Waals surface area contributed by atoms with Crippen LogP contribution in [0.3, 0.4) is 0 Å². The summed E-state index contributed by atoms with van der Waals surface area (Å²) in [5, 5.41) is 0.719. The van der Waals surface area contributed by atoms with Crippen molar-refractivity contribution in [1.82, 2.24) is 0 Å². The van der Waals surface area contributed by atoms with Gasteiger partial charge < -0.3 is 11.5 Å². The van der Waals surface area contributed by atoms with E-state index >= 15 is 0 Å². The largest absolute Gasteiger partial charge is 0.329 e. The summed E-state index contributed by atoms with van der Waals surface area (Å²) < 4.78 is 0. The molecule has 0 aliphatic carbocycles. The molecule has 3 heteroatoms.